The van der Waals surface area contributed by atoms with Crippen molar-refractivity contribution in [2.75, 3.05) is 0 Å². The molecule has 0 radical (unpaired) electrons. The second-order valence-corrected chi connectivity index (χ2v) is 8.74. The summed E-state index contributed by atoms with van der Waals surface area (Å²) < 4.78 is 24.6. The van der Waals surface area contributed by atoms with E-state index in [2.05, 4.69) is 9.93 Å². The molecular weight excluding hydrogens is 296 g/mol. The molecule has 0 unspecified atom stereocenters. The summed E-state index contributed by atoms with van der Waals surface area (Å²) in [4.78, 5) is 2.74. The lowest BCUT2D eigenvalue weighted by Gasteiger charge is -2.25. The molecule has 3 saturated carbocycles. The molecule has 0 amide bonds. The van der Waals surface area contributed by atoms with Crippen LogP contribution in [0.1, 0.15) is 37.7 Å². The fourth-order valence-corrected chi connectivity index (χ4v) is 5.67. The van der Waals surface area contributed by atoms with Crippen LogP contribution in [-0.4, -0.2) is 14.1 Å². The highest BCUT2D eigenvalue weighted by Gasteiger charge is 2.52. The molecule has 0 heterocycles. The van der Waals surface area contributed by atoms with Crippen molar-refractivity contribution >= 4 is 15.7 Å². The van der Waals surface area contributed by atoms with Crippen LogP contribution in [0.5, 0.6) is 0 Å². The summed E-state index contributed by atoms with van der Waals surface area (Å²) >= 11 is 0. The molecule has 5 heteroatoms. The van der Waals surface area contributed by atoms with Crippen molar-refractivity contribution in [1.82, 2.24) is 4.83 Å². The lowest BCUT2D eigenvalue weighted by atomic mass is 9.81. The first-order valence-electron chi connectivity index (χ1n) is 8.19. The fraction of sp³-hybridized carbons (Fsp3) is 0.588. The largest absolute Gasteiger partial charge is 0.276 e. The van der Waals surface area contributed by atoms with Gasteiger partial charge in [-0.1, -0.05) is 24.1 Å². The number of aryl methyl sites for hydroxylation is 1. The maximum absolute atomic E-state index is 12.3. The number of nitrogens with one attached hydrogen (secondary N) is 1. The summed E-state index contributed by atoms with van der Waals surface area (Å²) in [5, 5.41) is 4.32. The maximum Gasteiger partial charge on any atom is 0.276 e. The Kier molecular flexibility index (Phi) is 3.29. The van der Waals surface area contributed by atoms with E-state index in [1.165, 1.54) is 25.7 Å². The van der Waals surface area contributed by atoms with Crippen molar-refractivity contribution in [2.24, 2.45) is 28.8 Å². The number of fused-ring (bicyclic) bond motifs is 5. The first-order valence-corrected chi connectivity index (χ1v) is 9.68. The number of hydrogen-bond donors (Lipinski definition) is 1. The van der Waals surface area contributed by atoms with E-state index < -0.39 is 10.0 Å². The lowest BCUT2D eigenvalue weighted by Crippen LogP contribution is -2.28. The van der Waals surface area contributed by atoms with Crippen molar-refractivity contribution in [1.29, 1.82) is 0 Å². The summed E-state index contributed by atoms with van der Waals surface area (Å²) in [6, 6.07) is 6.88. The van der Waals surface area contributed by atoms with Gasteiger partial charge in [0.25, 0.3) is 10.0 Å². The molecule has 1 N–H and O–H groups in total. The molecule has 0 spiro atoms. The minimum Gasteiger partial charge on any atom is -0.200 e. The van der Waals surface area contributed by atoms with Gasteiger partial charge in [0, 0.05) is 11.6 Å². The van der Waals surface area contributed by atoms with Crippen LogP contribution < -0.4 is 4.83 Å². The second kappa shape index (κ2) is 5.08. The topological polar surface area (TPSA) is 58.5 Å². The standard InChI is InChI=1S/C17H22N2O2S/c1-11-5-7-13(8-6-11)22(20,21)19-18-17-10-12-9-16(17)15-4-2-3-14(12)15/h5-8,12,14-16,19H,2-4,9-10H2,1H3/b18-17-/t12-,14-,15+,16-/m1/s1. The zero-order valence-electron chi connectivity index (χ0n) is 12.8. The molecule has 3 aliphatic carbocycles. The molecule has 4 nitrogen and oxygen atoms in total. The van der Waals surface area contributed by atoms with Crippen LogP contribution in [0.25, 0.3) is 0 Å². The van der Waals surface area contributed by atoms with Gasteiger partial charge < -0.3 is 0 Å². The summed E-state index contributed by atoms with van der Waals surface area (Å²) in [7, 11) is -3.54. The molecule has 3 aliphatic rings. The highest BCUT2D eigenvalue weighted by Crippen LogP contribution is 2.57. The number of benzene rings is 1. The van der Waals surface area contributed by atoms with Crippen molar-refractivity contribution in [3.8, 4) is 0 Å². The van der Waals surface area contributed by atoms with Gasteiger partial charge in [-0.2, -0.15) is 13.5 Å². The van der Waals surface area contributed by atoms with E-state index in [1.54, 1.807) is 12.1 Å². The average molecular weight is 318 g/mol. The molecule has 1 aromatic rings. The van der Waals surface area contributed by atoms with Crippen LogP contribution in [0.15, 0.2) is 34.3 Å². The monoisotopic (exact) mass is 318 g/mol. The summed E-state index contributed by atoms with van der Waals surface area (Å²) in [5.41, 5.74) is 2.13. The molecule has 4 rings (SSSR count). The fourth-order valence-electron chi connectivity index (χ4n) is 4.83. The first-order chi connectivity index (χ1) is 10.5. The van der Waals surface area contributed by atoms with Crippen LogP contribution in [0.3, 0.4) is 0 Å². The number of nitrogens with zero attached hydrogens (tertiary/aromatic N) is 1. The zero-order chi connectivity index (χ0) is 15.3. The van der Waals surface area contributed by atoms with E-state index in [1.807, 2.05) is 19.1 Å². The molecule has 1 aromatic carbocycles. The number of rotatable bonds is 3. The van der Waals surface area contributed by atoms with Crippen molar-refractivity contribution in [3.05, 3.63) is 29.8 Å². The molecular formula is C17H22N2O2S. The number of sulfonamides is 1. The first kappa shape index (κ1) is 14.2. The van der Waals surface area contributed by atoms with E-state index in [9.17, 15) is 8.42 Å². The Morgan fingerprint density at radius 1 is 1.14 bits per heavy atom. The second-order valence-electron chi connectivity index (χ2n) is 7.08. The highest BCUT2D eigenvalue weighted by atomic mass is 32.2. The quantitative estimate of drug-likeness (QED) is 0.871. The lowest BCUT2D eigenvalue weighted by molar-refractivity contribution is 0.333. The molecule has 0 aliphatic heterocycles. The predicted molar refractivity (Wildman–Crippen MR) is 86.0 cm³/mol. The van der Waals surface area contributed by atoms with Crippen molar-refractivity contribution in [2.45, 2.75) is 43.9 Å². The summed E-state index contributed by atoms with van der Waals surface area (Å²) in [5.74, 6) is 2.93. The Labute approximate surface area is 132 Å². The van der Waals surface area contributed by atoms with Crippen LogP contribution in [0.4, 0.5) is 0 Å². The van der Waals surface area contributed by atoms with Crippen molar-refractivity contribution in [3.63, 3.8) is 0 Å². The Morgan fingerprint density at radius 2 is 1.86 bits per heavy atom. The van der Waals surface area contributed by atoms with Gasteiger partial charge in [0.2, 0.25) is 0 Å². The van der Waals surface area contributed by atoms with Gasteiger partial charge in [-0.05, 0) is 62.5 Å². The van der Waals surface area contributed by atoms with Gasteiger partial charge in [0.05, 0.1) is 4.90 Å². The third kappa shape index (κ3) is 2.26. The van der Waals surface area contributed by atoms with Gasteiger partial charge in [-0.15, -0.1) is 0 Å². The van der Waals surface area contributed by atoms with Crippen LogP contribution in [0, 0.1) is 30.6 Å². The van der Waals surface area contributed by atoms with E-state index in [4.69, 9.17) is 0 Å². The van der Waals surface area contributed by atoms with Gasteiger partial charge >= 0.3 is 0 Å². The van der Waals surface area contributed by atoms with Crippen LogP contribution in [-0.2, 0) is 10.0 Å². The zero-order valence-corrected chi connectivity index (χ0v) is 13.6. The van der Waals surface area contributed by atoms with E-state index in [0.29, 0.717) is 5.92 Å². The predicted octanol–water partition coefficient (Wildman–Crippen LogP) is 3.09. The third-order valence-corrected chi connectivity index (χ3v) is 7.07. The number of hydrogen-bond acceptors (Lipinski definition) is 3. The average Bonchev–Trinajstić information content (AvgIpc) is 3.18. The van der Waals surface area contributed by atoms with E-state index >= 15 is 0 Å². The Hall–Kier alpha value is -1.36. The summed E-state index contributed by atoms with van der Waals surface area (Å²) in [6.45, 7) is 1.94. The SMILES string of the molecule is Cc1ccc(S(=O)(=O)N/N=C2/C[C@H]3C[C@@H]2[C@H]2CCC[C@H]32)cc1. The molecule has 0 aromatic heterocycles. The maximum atomic E-state index is 12.3. The number of hydrazone groups is 1. The van der Waals surface area contributed by atoms with Gasteiger partial charge in [0.1, 0.15) is 0 Å². The molecule has 118 valence electrons. The molecule has 3 fully saturated rings. The molecule has 0 saturated heterocycles. The Morgan fingerprint density at radius 3 is 2.64 bits per heavy atom. The smallest absolute Gasteiger partial charge is 0.200 e. The van der Waals surface area contributed by atoms with Crippen molar-refractivity contribution < 1.29 is 8.42 Å². The van der Waals surface area contributed by atoms with Gasteiger partial charge in [0.15, 0.2) is 0 Å². The minimum atomic E-state index is -3.54. The van der Waals surface area contributed by atoms with Gasteiger partial charge in [-0.3, -0.25) is 0 Å². The molecule has 4 atom stereocenters. The summed E-state index contributed by atoms with van der Waals surface area (Å²) in [6.07, 6.45) is 6.22. The normalized spacial score (nSPS) is 35.0. The molecule has 2 bridgehead atoms. The third-order valence-electron chi connectivity index (χ3n) is 5.84. The van der Waals surface area contributed by atoms with Crippen LogP contribution in [0.2, 0.25) is 0 Å². The molecule has 22 heavy (non-hydrogen) atoms. The van der Waals surface area contributed by atoms with Gasteiger partial charge in [-0.25, -0.2) is 4.83 Å². The highest BCUT2D eigenvalue weighted by molar-refractivity contribution is 7.89. The Bertz CT molecular complexity index is 709. The minimum absolute atomic E-state index is 0.282. The van der Waals surface area contributed by atoms with E-state index in [-0.39, 0.29) is 4.90 Å². The van der Waals surface area contributed by atoms with Crippen LogP contribution >= 0.6 is 0 Å². The van der Waals surface area contributed by atoms with E-state index in [0.717, 1.165) is 35.4 Å². The Balaban J connectivity index is 1.51.